The Kier molecular flexibility index (Phi) is 5.43. The van der Waals surface area contributed by atoms with Gasteiger partial charge in [0, 0.05) is 53.6 Å². The minimum Gasteiger partial charge on any atom is -0.465 e. The van der Waals surface area contributed by atoms with Crippen molar-refractivity contribution in [2.24, 2.45) is 5.92 Å². The minimum absolute atomic E-state index is 0.186. The quantitative estimate of drug-likeness (QED) is 0.472. The Bertz CT molecular complexity index is 1500. The number of hydrogen-bond acceptors (Lipinski definition) is 5. The number of H-pyrrole nitrogens is 1. The number of carbonyl (C=O) groups excluding carboxylic acids is 2. The molecule has 0 unspecified atom stereocenters. The van der Waals surface area contributed by atoms with Crippen molar-refractivity contribution in [1.29, 1.82) is 0 Å². The zero-order chi connectivity index (χ0) is 24.0. The number of rotatable bonds is 4. The first-order valence-electron chi connectivity index (χ1n) is 11.4. The van der Waals surface area contributed by atoms with Gasteiger partial charge in [-0.3, -0.25) is 9.59 Å². The normalized spacial score (nSPS) is 13.5. The molecule has 0 saturated heterocycles. The lowest BCUT2D eigenvalue weighted by Crippen LogP contribution is -2.38. The molecule has 0 aliphatic carbocycles. The summed E-state index contributed by atoms with van der Waals surface area (Å²) < 4.78 is 6.27. The maximum absolute atomic E-state index is 13.7. The van der Waals surface area contributed by atoms with Gasteiger partial charge in [-0.2, -0.15) is 5.10 Å². The molecular formula is C26H26N4O4. The number of aromatic amines is 1. The van der Waals surface area contributed by atoms with Gasteiger partial charge in [-0.15, -0.1) is 0 Å². The second-order valence-electron chi connectivity index (χ2n) is 9.09. The number of benzene rings is 2. The molecular weight excluding hydrogens is 432 g/mol. The molecule has 174 valence electrons. The molecule has 8 heteroatoms. The van der Waals surface area contributed by atoms with Crippen LogP contribution in [0.2, 0.25) is 0 Å². The molecule has 2 aromatic heterocycles. The lowest BCUT2D eigenvalue weighted by atomic mass is 10.0. The molecule has 2 aromatic carbocycles. The molecule has 3 heterocycles. The first-order chi connectivity index (χ1) is 16.4. The molecule has 0 fully saturated rings. The zero-order valence-corrected chi connectivity index (χ0v) is 19.4. The van der Waals surface area contributed by atoms with Crippen LogP contribution in [-0.4, -0.2) is 45.2 Å². The molecule has 1 aliphatic rings. The Hall–Kier alpha value is -3.94. The summed E-state index contributed by atoms with van der Waals surface area (Å²) in [5, 5.41) is 6.47. The maximum Gasteiger partial charge on any atom is 0.337 e. The Morgan fingerprint density at radius 1 is 1.12 bits per heavy atom. The van der Waals surface area contributed by atoms with Gasteiger partial charge >= 0.3 is 5.97 Å². The molecule has 1 N–H and O–H groups in total. The van der Waals surface area contributed by atoms with Crippen LogP contribution in [0.4, 0.5) is 0 Å². The van der Waals surface area contributed by atoms with E-state index in [2.05, 4.69) is 10.1 Å². The van der Waals surface area contributed by atoms with E-state index >= 15 is 0 Å². The predicted molar refractivity (Wildman–Crippen MR) is 129 cm³/mol. The van der Waals surface area contributed by atoms with Gasteiger partial charge in [-0.25, -0.2) is 9.48 Å². The van der Waals surface area contributed by atoms with Crippen molar-refractivity contribution in [2.45, 2.75) is 33.4 Å². The predicted octanol–water partition coefficient (Wildman–Crippen LogP) is 3.52. The van der Waals surface area contributed by atoms with Crippen LogP contribution in [0.1, 0.15) is 46.0 Å². The lowest BCUT2D eigenvalue weighted by Gasteiger charge is -2.27. The number of methoxy groups -OCH3 is 1. The second-order valence-corrected chi connectivity index (χ2v) is 9.09. The summed E-state index contributed by atoms with van der Waals surface area (Å²) in [6.07, 6.45) is 0.660. The summed E-state index contributed by atoms with van der Waals surface area (Å²) >= 11 is 0. The van der Waals surface area contributed by atoms with Crippen molar-refractivity contribution in [3.05, 3.63) is 75.3 Å². The van der Waals surface area contributed by atoms with Gasteiger partial charge in [0.05, 0.1) is 18.1 Å². The third-order valence-electron chi connectivity index (χ3n) is 6.29. The maximum atomic E-state index is 13.7. The van der Waals surface area contributed by atoms with Crippen LogP contribution in [0.25, 0.3) is 21.7 Å². The first-order valence-corrected chi connectivity index (χ1v) is 11.4. The van der Waals surface area contributed by atoms with Gasteiger partial charge in [-0.1, -0.05) is 32.0 Å². The Morgan fingerprint density at radius 2 is 1.88 bits per heavy atom. The van der Waals surface area contributed by atoms with Crippen molar-refractivity contribution in [2.75, 3.05) is 13.7 Å². The highest BCUT2D eigenvalue weighted by molar-refractivity contribution is 6.05. The van der Waals surface area contributed by atoms with Crippen LogP contribution >= 0.6 is 0 Å². The van der Waals surface area contributed by atoms with E-state index in [4.69, 9.17) is 4.74 Å². The van der Waals surface area contributed by atoms with Crippen molar-refractivity contribution in [3.63, 3.8) is 0 Å². The van der Waals surface area contributed by atoms with Crippen LogP contribution in [-0.2, 0) is 24.2 Å². The molecule has 1 amide bonds. The van der Waals surface area contributed by atoms with Crippen molar-refractivity contribution in [1.82, 2.24) is 19.7 Å². The molecule has 0 bridgehead atoms. The average Bonchev–Trinajstić information content (AvgIpc) is 3.21. The molecule has 34 heavy (non-hydrogen) atoms. The minimum atomic E-state index is -0.399. The monoisotopic (exact) mass is 458 g/mol. The fourth-order valence-corrected chi connectivity index (χ4v) is 4.64. The topological polar surface area (TPSA) is 97.3 Å². The lowest BCUT2D eigenvalue weighted by molar-refractivity contribution is 0.0600. The molecule has 0 atom stereocenters. The summed E-state index contributed by atoms with van der Waals surface area (Å²) in [5.74, 6) is -0.399. The van der Waals surface area contributed by atoms with Crippen LogP contribution in [0, 0.1) is 5.92 Å². The molecule has 0 radical (unpaired) electrons. The number of nitrogens with one attached hydrogen (secondary N) is 1. The van der Waals surface area contributed by atoms with Crippen LogP contribution in [0.15, 0.2) is 47.3 Å². The van der Waals surface area contributed by atoms with Gasteiger partial charge in [0.2, 0.25) is 0 Å². The van der Waals surface area contributed by atoms with E-state index in [9.17, 15) is 14.4 Å². The second kappa shape index (κ2) is 8.44. The zero-order valence-electron chi connectivity index (χ0n) is 19.4. The summed E-state index contributed by atoms with van der Waals surface area (Å²) in [6, 6.07) is 12.5. The van der Waals surface area contributed by atoms with Crippen molar-refractivity contribution < 1.29 is 14.3 Å². The fraction of sp³-hybridized carbons (Fsp3) is 0.308. The summed E-state index contributed by atoms with van der Waals surface area (Å²) in [4.78, 5) is 43.9. The van der Waals surface area contributed by atoms with Crippen LogP contribution in [0.5, 0.6) is 0 Å². The Labute approximate surface area is 196 Å². The molecule has 5 rings (SSSR count). The van der Waals surface area contributed by atoms with Crippen LogP contribution in [0.3, 0.4) is 0 Å². The van der Waals surface area contributed by atoms with Gasteiger partial charge in [-0.05, 0) is 30.2 Å². The van der Waals surface area contributed by atoms with Crippen LogP contribution < -0.4 is 5.56 Å². The van der Waals surface area contributed by atoms with Crippen molar-refractivity contribution in [3.8, 4) is 0 Å². The van der Waals surface area contributed by atoms with Gasteiger partial charge in [0.15, 0.2) is 5.69 Å². The van der Waals surface area contributed by atoms with Gasteiger partial charge < -0.3 is 14.6 Å². The number of fused-ring (bicyclic) bond motifs is 4. The van der Waals surface area contributed by atoms with Crippen molar-refractivity contribution >= 4 is 33.6 Å². The number of amides is 1. The Balaban J connectivity index is 1.56. The number of hydrogen-bond donors (Lipinski definition) is 1. The van der Waals surface area contributed by atoms with E-state index in [0.717, 1.165) is 22.2 Å². The number of ether oxygens (including phenoxy) is 1. The van der Waals surface area contributed by atoms with E-state index in [1.54, 1.807) is 35.2 Å². The third kappa shape index (κ3) is 3.65. The smallest absolute Gasteiger partial charge is 0.337 e. The Morgan fingerprint density at radius 3 is 2.62 bits per heavy atom. The van der Waals surface area contributed by atoms with E-state index < -0.39 is 5.97 Å². The largest absolute Gasteiger partial charge is 0.465 e. The summed E-state index contributed by atoms with van der Waals surface area (Å²) in [7, 11) is 1.36. The average molecular weight is 459 g/mol. The summed E-state index contributed by atoms with van der Waals surface area (Å²) in [5.41, 5.74) is 3.53. The number of esters is 1. The first kappa shape index (κ1) is 21.9. The molecule has 8 nitrogen and oxygen atoms in total. The third-order valence-corrected chi connectivity index (χ3v) is 6.29. The van der Waals surface area contributed by atoms with E-state index in [1.165, 1.54) is 11.8 Å². The molecule has 4 aromatic rings. The van der Waals surface area contributed by atoms with Gasteiger partial charge in [0.25, 0.3) is 11.5 Å². The molecule has 0 saturated carbocycles. The van der Waals surface area contributed by atoms with E-state index in [-0.39, 0.29) is 23.1 Å². The fourth-order valence-electron chi connectivity index (χ4n) is 4.64. The number of carbonyl (C=O) groups is 2. The number of aromatic nitrogens is 3. The van der Waals surface area contributed by atoms with E-state index in [1.807, 2.05) is 26.0 Å². The standard InChI is InChI=1S/C26H26N4O4/c1-15(2)13-30-24(31)18-7-5-4-6-17(18)23(28-30)25(32)29-11-10-22-20(14-29)19-12-16(26(33)34-3)8-9-21(19)27-22/h4-9,12,15,27H,10-11,13-14H2,1-3H3. The highest BCUT2D eigenvalue weighted by Crippen LogP contribution is 2.30. The highest BCUT2D eigenvalue weighted by atomic mass is 16.5. The summed E-state index contributed by atoms with van der Waals surface area (Å²) in [6.45, 7) is 5.37. The SMILES string of the molecule is COC(=O)c1ccc2[nH]c3c(c2c1)CN(C(=O)c1nn(CC(C)C)c(=O)c2ccccc12)CC3. The molecule has 0 spiro atoms. The van der Waals surface area contributed by atoms with E-state index in [0.29, 0.717) is 42.4 Å². The number of nitrogens with zero attached hydrogens (tertiary/aromatic N) is 3. The highest BCUT2D eigenvalue weighted by Gasteiger charge is 2.28. The molecule has 1 aliphatic heterocycles. The van der Waals surface area contributed by atoms with Gasteiger partial charge in [0.1, 0.15) is 0 Å².